The number of amides is 3. The van der Waals surface area contributed by atoms with E-state index in [1.165, 1.54) is 35.4 Å². The zero-order valence-corrected chi connectivity index (χ0v) is 23.7. The smallest absolute Gasteiger partial charge is 0.405 e. The van der Waals surface area contributed by atoms with E-state index in [2.05, 4.69) is 20.6 Å². The first-order valence-corrected chi connectivity index (χ1v) is 13.2. The molecule has 12 nitrogen and oxygen atoms in total. The van der Waals surface area contributed by atoms with Gasteiger partial charge in [-0.3, -0.25) is 14.4 Å². The molecule has 3 amide bonds. The number of aromatic amines is 1. The van der Waals surface area contributed by atoms with E-state index in [4.69, 9.17) is 9.84 Å². The van der Waals surface area contributed by atoms with Crippen LogP contribution in [0.3, 0.4) is 0 Å². The molecule has 4 aromatic rings. The Labute approximate surface area is 251 Å². The van der Waals surface area contributed by atoms with E-state index in [1.807, 2.05) is 0 Å². The highest BCUT2D eigenvalue weighted by atomic mass is 19.1. The van der Waals surface area contributed by atoms with Crippen LogP contribution in [-0.4, -0.2) is 62.6 Å². The summed E-state index contributed by atoms with van der Waals surface area (Å²) < 4.78 is 63.1. The number of likely N-dealkylation sites (N-methyl/N-ethyl adjacent to an activating group) is 1. The first-order valence-electron chi connectivity index (χ1n) is 13.2. The lowest BCUT2D eigenvalue weighted by Gasteiger charge is -2.16. The van der Waals surface area contributed by atoms with Gasteiger partial charge in [0.15, 0.2) is 29.0 Å². The quantitative estimate of drug-likeness (QED) is 0.143. The molecule has 0 aliphatic heterocycles. The number of H-pyrrole nitrogens is 1. The van der Waals surface area contributed by atoms with Crippen molar-refractivity contribution in [1.29, 1.82) is 0 Å². The maximum absolute atomic E-state index is 14.7. The largest absolute Gasteiger partial charge is 0.465 e. The SMILES string of the molecule is CN(C)C(=O)/C=C/CC[C@H](NC(=O)O)C(=O)Nc1cccn(Cc2nc3c(F)cc(F)c(Oc4ccc(F)cc4F)c3[nH]2)c1=O. The Morgan fingerprint density at radius 1 is 1.11 bits per heavy atom. The minimum atomic E-state index is -1.48. The van der Waals surface area contributed by atoms with E-state index in [1.54, 1.807) is 14.1 Å². The topological polar surface area (TPSA) is 159 Å². The fourth-order valence-electron chi connectivity index (χ4n) is 4.12. The van der Waals surface area contributed by atoms with Gasteiger partial charge in [-0.2, -0.15) is 0 Å². The summed E-state index contributed by atoms with van der Waals surface area (Å²) in [6, 6.07) is 4.23. The number of rotatable bonds is 11. The molecule has 0 aliphatic rings. The number of halogens is 4. The van der Waals surface area contributed by atoms with E-state index < -0.39 is 58.4 Å². The van der Waals surface area contributed by atoms with E-state index in [-0.39, 0.29) is 47.8 Å². The number of anilines is 1. The summed E-state index contributed by atoms with van der Waals surface area (Å²) in [6.07, 6.45) is 2.75. The van der Waals surface area contributed by atoms with Gasteiger partial charge in [0.2, 0.25) is 11.8 Å². The number of aromatic nitrogens is 3. The molecule has 0 saturated carbocycles. The van der Waals surface area contributed by atoms with Crippen molar-refractivity contribution in [2.45, 2.75) is 25.4 Å². The number of carbonyl (C=O) groups is 3. The second-order valence-electron chi connectivity index (χ2n) is 9.81. The van der Waals surface area contributed by atoms with E-state index >= 15 is 0 Å². The Hall–Kier alpha value is -5.67. The molecular weight excluding hydrogens is 604 g/mol. The lowest BCUT2D eigenvalue weighted by molar-refractivity contribution is -0.123. The van der Waals surface area contributed by atoms with Crippen LogP contribution in [0.4, 0.5) is 28.0 Å². The molecule has 2 aromatic heterocycles. The molecule has 0 radical (unpaired) electrons. The first-order chi connectivity index (χ1) is 21.3. The molecule has 0 fully saturated rings. The zero-order valence-electron chi connectivity index (χ0n) is 23.7. The predicted octanol–water partition coefficient (Wildman–Crippen LogP) is 4.12. The van der Waals surface area contributed by atoms with Gasteiger partial charge < -0.3 is 34.9 Å². The van der Waals surface area contributed by atoms with Crippen molar-refractivity contribution in [3.8, 4) is 11.5 Å². The maximum Gasteiger partial charge on any atom is 0.405 e. The lowest BCUT2D eigenvalue weighted by Crippen LogP contribution is -2.44. The molecule has 2 heterocycles. The minimum Gasteiger partial charge on any atom is -0.465 e. The summed E-state index contributed by atoms with van der Waals surface area (Å²) in [5.41, 5.74) is -1.64. The molecule has 0 saturated heterocycles. The molecule has 0 bridgehead atoms. The summed E-state index contributed by atoms with van der Waals surface area (Å²) in [5.74, 6) is -6.65. The summed E-state index contributed by atoms with van der Waals surface area (Å²) in [4.78, 5) is 57.0. The average molecular weight is 631 g/mol. The summed E-state index contributed by atoms with van der Waals surface area (Å²) in [6.45, 7) is -0.329. The highest BCUT2D eigenvalue weighted by Gasteiger charge is 2.23. The molecule has 0 aliphatic carbocycles. The van der Waals surface area contributed by atoms with E-state index in [0.717, 1.165) is 16.7 Å². The van der Waals surface area contributed by atoms with Crippen molar-refractivity contribution in [3.63, 3.8) is 0 Å². The number of allylic oxidation sites excluding steroid dienone is 1. The van der Waals surface area contributed by atoms with Crippen LogP contribution in [0.2, 0.25) is 0 Å². The van der Waals surface area contributed by atoms with Crippen LogP contribution in [0, 0.1) is 23.3 Å². The number of fused-ring (bicyclic) bond motifs is 1. The second-order valence-corrected chi connectivity index (χ2v) is 9.81. The normalized spacial score (nSPS) is 11.9. The predicted molar refractivity (Wildman–Crippen MR) is 153 cm³/mol. The number of carbonyl (C=O) groups excluding carboxylic acids is 2. The molecule has 0 spiro atoms. The van der Waals surface area contributed by atoms with E-state index in [9.17, 15) is 36.7 Å². The minimum absolute atomic E-state index is 0.0241. The number of nitrogens with one attached hydrogen (secondary N) is 3. The molecule has 2 aromatic carbocycles. The van der Waals surface area contributed by atoms with Gasteiger partial charge in [0, 0.05) is 32.4 Å². The maximum atomic E-state index is 14.7. The first kappa shape index (κ1) is 32.2. The van der Waals surface area contributed by atoms with Crippen LogP contribution < -0.4 is 20.9 Å². The van der Waals surface area contributed by atoms with Gasteiger partial charge in [-0.25, -0.2) is 27.3 Å². The third-order valence-corrected chi connectivity index (χ3v) is 6.32. The van der Waals surface area contributed by atoms with Gasteiger partial charge >= 0.3 is 6.09 Å². The van der Waals surface area contributed by atoms with Crippen LogP contribution in [0.25, 0.3) is 11.0 Å². The van der Waals surface area contributed by atoms with Crippen molar-refractivity contribution in [2.75, 3.05) is 19.4 Å². The summed E-state index contributed by atoms with van der Waals surface area (Å²) in [5, 5.41) is 13.6. The summed E-state index contributed by atoms with van der Waals surface area (Å²) in [7, 11) is 3.11. The Bertz CT molecular complexity index is 1860. The third-order valence-electron chi connectivity index (χ3n) is 6.32. The number of hydrogen-bond acceptors (Lipinski definition) is 6. The molecule has 45 heavy (non-hydrogen) atoms. The van der Waals surface area contributed by atoms with Crippen molar-refractivity contribution < 1.29 is 41.8 Å². The van der Waals surface area contributed by atoms with E-state index in [0.29, 0.717) is 12.1 Å². The zero-order chi connectivity index (χ0) is 32.8. The number of benzene rings is 2. The fourth-order valence-corrected chi connectivity index (χ4v) is 4.12. The molecule has 0 unspecified atom stereocenters. The molecule has 4 rings (SSSR count). The molecule has 16 heteroatoms. The number of ether oxygens (including phenoxy) is 1. The lowest BCUT2D eigenvalue weighted by atomic mass is 10.1. The van der Waals surface area contributed by atoms with Crippen molar-refractivity contribution in [2.24, 2.45) is 0 Å². The van der Waals surface area contributed by atoms with Gasteiger partial charge in [-0.1, -0.05) is 6.08 Å². The standard InChI is InChI=1S/C29H26F4N6O6/c1-38(2)23(40)8-4-3-6-19(35-29(43)44)27(41)34-20-7-5-11-39(28(20)42)14-22-36-24-17(32)13-18(33)26(25(24)37-22)45-21-10-9-15(30)12-16(21)31/h4-5,7-13,19,35H,3,6,14H2,1-2H3,(H,34,41)(H,36,37)(H,43,44)/b8-4+/t19-/m0/s1. The van der Waals surface area contributed by atoms with Gasteiger partial charge in [-0.15, -0.1) is 0 Å². The van der Waals surface area contributed by atoms with Crippen LogP contribution in [0.15, 0.2) is 59.5 Å². The van der Waals surface area contributed by atoms with Gasteiger partial charge in [0.25, 0.3) is 5.56 Å². The molecular formula is C29H26F4N6O6. The second kappa shape index (κ2) is 13.7. The van der Waals surface area contributed by atoms with Gasteiger partial charge in [0.05, 0.1) is 6.54 Å². The monoisotopic (exact) mass is 630 g/mol. The number of carboxylic acid groups (broad SMARTS) is 1. The number of nitrogens with zero attached hydrogens (tertiary/aromatic N) is 3. The van der Waals surface area contributed by atoms with Crippen LogP contribution in [0.5, 0.6) is 11.5 Å². The van der Waals surface area contributed by atoms with Crippen molar-refractivity contribution in [3.05, 3.63) is 94.2 Å². The van der Waals surface area contributed by atoms with Crippen LogP contribution in [0.1, 0.15) is 18.7 Å². The Morgan fingerprint density at radius 3 is 2.56 bits per heavy atom. The molecule has 236 valence electrons. The van der Waals surface area contributed by atoms with Crippen molar-refractivity contribution in [1.82, 2.24) is 24.8 Å². The van der Waals surface area contributed by atoms with Gasteiger partial charge in [-0.05, 0) is 43.2 Å². The fraction of sp³-hybridized carbons (Fsp3) is 0.207. The van der Waals surface area contributed by atoms with Crippen LogP contribution in [-0.2, 0) is 16.1 Å². The highest BCUT2D eigenvalue weighted by Crippen LogP contribution is 2.34. The van der Waals surface area contributed by atoms with Crippen LogP contribution >= 0.6 is 0 Å². The summed E-state index contributed by atoms with van der Waals surface area (Å²) >= 11 is 0. The molecule has 1 atom stereocenters. The Kier molecular flexibility index (Phi) is 9.85. The molecule has 4 N–H and O–H groups in total. The van der Waals surface area contributed by atoms with Crippen molar-refractivity contribution >= 4 is 34.6 Å². The third kappa shape index (κ3) is 7.84. The van der Waals surface area contributed by atoms with Gasteiger partial charge in [0.1, 0.15) is 34.4 Å². The average Bonchev–Trinajstić information content (AvgIpc) is 3.39. The Morgan fingerprint density at radius 2 is 1.87 bits per heavy atom. The highest BCUT2D eigenvalue weighted by molar-refractivity contribution is 5.96. The number of hydrogen-bond donors (Lipinski definition) is 4. The Balaban J connectivity index is 1.55. The number of imidazole rings is 1. The number of pyridine rings is 1.